The molecule has 10 N–H and O–H groups in total. The monoisotopic (exact) mass is 1770 g/mol. The average molecular weight is 1770 g/mol. The molecule has 126 heavy (non-hydrogen) atoms. The first-order valence-electron chi connectivity index (χ1n) is 39.0. The highest BCUT2D eigenvalue weighted by atomic mass is 35.5. The number of aryl methyl sites for hydroxylation is 1. The van der Waals surface area contributed by atoms with Crippen molar-refractivity contribution in [1.82, 2.24) is 19.9 Å². The number of aromatic carboxylic acids is 1. The normalized spacial score (nSPS) is 11.2. The standard InChI is InChI=1S/C38H36N2O8.C28H16N2O4.C12H18O5S.C11H8O3.C6H8N2O2.2ClH/c1-41-11-13-43-15-17-45-33-21-27-9-5-3-7-25(27)19-29(33)37-39-31-23-32-36(24-35(31)47-37)48-38(40-32)30-20-26-8-4-6-10-28(26)22-34(30)46-18-16-44-14-12-42-2;31-23-11-17-7-3-1-5-15(17)9-19(23)27-29-21-13-22-26(14-25(21)33-27)34-28(30-22)20-10-16-6-2-4-8-18(16)12-24(20)32;1-11-3-5-12(6-4-11)18(13,14)17-10-9-16-8-7-15-2;12-10-6-8-4-2-1-3-7(8)5-9(10)11(13)14;7-3-1-4(8)6(10)2-5(3)9;;/h3-10,19-24H,11-18H2,1-2H3;1-14,31-32H;3-6H,7-10H2,1-2H3;1-6,12H,(H,13,14);1-2,9-10H,7-8H2;2*1H. The fraction of sp³-hybridized carbons (Fsp3) is 0.168. The number of nitrogens with two attached hydrogens (primary N) is 2. The third-order valence-corrected chi connectivity index (χ3v) is 20.8. The van der Waals surface area contributed by atoms with E-state index in [2.05, 4.69) is 22.1 Å². The SMILES string of the molecule is COCCOCCOS(=O)(=O)c1ccc(C)cc1.COCCOCCOc1cc2ccccc2cc1-c1nc2cc3nc(-c4cc5ccccc5cc4OCCOCCOC)oc3cc2o1.Cl.Cl.Nc1cc(N)c(O)cc1O.O=C(O)c1cc2ccccc2cc1O.Oc1cc2ccccc2cc1-c1nc2cc3nc(-c4cc5ccccc5cc4O)oc3cc2o1. The number of oxazole rings is 4. The number of hydrogen-bond donors (Lipinski definition) is 8. The molecule has 650 valence electrons. The lowest BCUT2D eigenvalue weighted by Gasteiger charge is -2.12. The van der Waals surface area contributed by atoms with E-state index in [1.807, 2.05) is 159 Å². The largest absolute Gasteiger partial charge is 0.507 e. The van der Waals surface area contributed by atoms with Gasteiger partial charge in [-0.25, -0.2) is 24.7 Å². The summed E-state index contributed by atoms with van der Waals surface area (Å²) in [5.41, 5.74) is 19.0. The van der Waals surface area contributed by atoms with E-state index in [-0.39, 0.29) is 88.6 Å². The number of benzene rings is 14. The van der Waals surface area contributed by atoms with E-state index >= 15 is 0 Å². The van der Waals surface area contributed by atoms with E-state index in [1.54, 1.807) is 63.8 Å². The predicted octanol–water partition coefficient (Wildman–Crippen LogP) is 19.4. The van der Waals surface area contributed by atoms with Crippen LogP contribution in [-0.4, -0.2) is 166 Å². The number of carboxylic acid groups (broad SMARTS) is 1. The van der Waals surface area contributed by atoms with Gasteiger partial charge in [0.2, 0.25) is 23.6 Å². The summed E-state index contributed by atoms with van der Waals surface area (Å²) < 4.78 is 96.5. The molecule has 4 heterocycles. The van der Waals surface area contributed by atoms with E-state index in [0.717, 1.165) is 76.6 Å². The first-order valence-corrected chi connectivity index (χ1v) is 40.5. The smallest absolute Gasteiger partial charge is 0.339 e. The molecule has 18 rings (SSSR count). The Balaban J connectivity index is 0.000000160. The fourth-order valence-electron chi connectivity index (χ4n) is 13.1. The Morgan fingerprint density at radius 1 is 0.341 bits per heavy atom. The topological polar surface area (TPSA) is 412 Å². The molecule has 0 aliphatic rings. The average Bonchev–Trinajstić information content (AvgIpc) is 1.61. The molecule has 31 heteroatoms. The second kappa shape index (κ2) is 42.5. The molecule has 0 aliphatic carbocycles. The quantitative estimate of drug-likeness (QED) is 0.00779. The van der Waals surface area contributed by atoms with Crippen molar-refractivity contribution in [3.8, 4) is 86.1 Å². The summed E-state index contributed by atoms with van der Waals surface area (Å²) in [6.45, 7) is 6.69. The Hall–Kier alpha value is -13.8. The molecule has 18 aromatic rings. The molecule has 14 aromatic carbocycles. The number of hydrogen-bond acceptors (Lipinski definition) is 27. The number of carboxylic acids is 1. The van der Waals surface area contributed by atoms with Crippen molar-refractivity contribution >= 4 is 151 Å². The highest BCUT2D eigenvalue weighted by Crippen LogP contribution is 2.43. The molecule has 0 aliphatic heterocycles. The maximum Gasteiger partial charge on any atom is 0.339 e. The van der Waals surface area contributed by atoms with Crippen molar-refractivity contribution in [1.29, 1.82) is 0 Å². The number of methoxy groups -OCH3 is 3. The molecule has 0 bridgehead atoms. The minimum Gasteiger partial charge on any atom is -0.507 e. The van der Waals surface area contributed by atoms with Gasteiger partial charge in [-0.2, -0.15) is 8.42 Å². The van der Waals surface area contributed by atoms with Crippen molar-refractivity contribution in [2.24, 2.45) is 0 Å². The van der Waals surface area contributed by atoms with Gasteiger partial charge in [0, 0.05) is 39.5 Å². The van der Waals surface area contributed by atoms with Gasteiger partial charge >= 0.3 is 5.97 Å². The van der Waals surface area contributed by atoms with Crippen LogP contribution in [0.15, 0.2) is 265 Å². The molecule has 0 spiro atoms. The van der Waals surface area contributed by atoms with E-state index < -0.39 is 16.1 Å². The highest BCUT2D eigenvalue weighted by molar-refractivity contribution is 7.86. The zero-order valence-electron chi connectivity index (χ0n) is 68.5. The van der Waals surface area contributed by atoms with Crippen LogP contribution in [0, 0.1) is 6.92 Å². The molecular weight excluding hydrogens is 1680 g/mol. The minimum atomic E-state index is -3.68. The number of rotatable bonds is 27. The van der Waals surface area contributed by atoms with Crippen LogP contribution in [0.2, 0.25) is 0 Å². The Kier molecular flexibility index (Phi) is 30.8. The Morgan fingerprint density at radius 2 is 0.643 bits per heavy atom. The van der Waals surface area contributed by atoms with Crippen LogP contribution in [0.3, 0.4) is 0 Å². The first kappa shape index (κ1) is 91.4. The third kappa shape index (κ3) is 22.4. The molecule has 0 unspecified atom stereocenters. The number of nitrogens with zero attached hydrogens (tertiary/aromatic N) is 4. The number of aromatic nitrogens is 4. The zero-order chi connectivity index (χ0) is 86.8. The number of carbonyl (C=O) groups is 1. The Bertz CT molecular complexity index is 6510. The lowest BCUT2D eigenvalue weighted by molar-refractivity contribution is 0.0545. The summed E-state index contributed by atoms with van der Waals surface area (Å²) in [6, 6.07) is 73.3. The lowest BCUT2D eigenvalue weighted by atomic mass is 10.1. The number of anilines is 2. The van der Waals surface area contributed by atoms with Crippen molar-refractivity contribution in [2.45, 2.75) is 11.8 Å². The maximum absolute atomic E-state index is 11.7. The second-order valence-electron chi connectivity index (χ2n) is 28.1. The van der Waals surface area contributed by atoms with Gasteiger partial charge in [0.1, 0.15) is 81.1 Å². The van der Waals surface area contributed by atoms with Crippen molar-refractivity contribution in [3.63, 3.8) is 0 Å². The summed E-state index contributed by atoms with van der Waals surface area (Å²) >= 11 is 0. The molecule has 0 saturated heterocycles. The van der Waals surface area contributed by atoms with Crippen LogP contribution in [0.5, 0.6) is 40.2 Å². The minimum absolute atomic E-state index is 0. The zero-order valence-corrected chi connectivity index (χ0v) is 70.9. The Labute approximate surface area is 733 Å². The molecular formula is C95H88Cl2N6O22S. The number of ether oxygens (including phenoxy) is 8. The molecule has 0 saturated carbocycles. The van der Waals surface area contributed by atoms with Crippen LogP contribution in [0.25, 0.3) is 144 Å². The fourth-order valence-corrected chi connectivity index (χ4v) is 14.0. The first-order chi connectivity index (χ1) is 60.2. The summed E-state index contributed by atoms with van der Waals surface area (Å²) in [5.74, 6) is 1.40. The summed E-state index contributed by atoms with van der Waals surface area (Å²) in [7, 11) is 1.18. The van der Waals surface area contributed by atoms with Gasteiger partial charge in [0.15, 0.2) is 22.3 Å². The van der Waals surface area contributed by atoms with Gasteiger partial charge < -0.3 is 97.7 Å². The number of fused-ring (bicyclic) bond motifs is 9. The molecule has 0 radical (unpaired) electrons. The third-order valence-electron chi connectivity index (χ3n) is 19.5. The van der Waals surface area contributed by atoms with E-state index in [1.165, 1.54) is 30.3 Å². The van der Waals surface area contributed by atoms with Gasteiger partial charge in [-0.3, -0.25) is 4.18 Å². The second-order valence-corrected chi connectivity index (χ2v) is 29.7. The molecule has 4 aromatic heterocycles. The van der Waals surface area contributed by atoms with Gasteiger partial charge in [0.25, 0.3) is 10.1 Å². The number of nitrogen functional groups attached to an aromatic ring is 2. The van der Waals surface area contributed by atoms with Crippen molar-refractivity contribution in [2.75, 3.05) is 112 Å². The van der Waals surface area contributed by atoms with E-state index in [0.29, 0.717) is 157 Å². The molecule has 0 atom stereocenters. The number of halogens is 2. The van der Waals surface area contributed by atoms with Crippen LogP contribution in [-0.2, 0) is 42.7 Å². The number of phenols is 5. The Morgan fingerprint density at radius 3 is 0.984 bits per heavy atom. The molecule has 0 amide bonds. The number of aromatic hydroxyl groups is 5. The summed E-state index contributed by atoms with van der Waals surface area (Å²) in [5, 5.41) is 66.7. The van der Waals surface area contributed by atoms with Gasteiger partial charge in [0.05, 0.1) is 105 Å². The van der Waals surface area contributed by atoms with Gasteiger partial charge in [-0.05, 0) is 152 Å². The van der Waals surface area contributed by atoms with Crippen molar-refractivity contribution < 1.29 is 104 Å². The van der Waals surface area contributed by atoms with Crippen LogP contribution in [0.4, 0.5) is 11.4 Å². The van der Waals surface area contributed by atoms with Crippen molar-refractivity contribution in [3.05, 3.63) is 254 Å². The lowest BCUT2D eigenvalue weighted by Crippen LogP contribution is -2.13. The number of phenolic OH excluding ortho intramolecular Hbond substituents is 4. The van der Waals surface area contributed by atoms with Gasteiger partial charge in [-0.1, -0.05) is 139 Å². The van der Waals surface area contributed by atoms with E-state index in [4.69, 9.17) is 96.5 Å². The highest BCUT2D eigenvalue weighted by Gasteiger charge is 2.24. The predicted molar refractivity (Wildman–Crippen MR) is 487 cm³/mol. The summed E-state index contributed by atoms with van der Waals surface area (Å²) in [4.78, 5) is 29.7. The van der Waals surface area contributed by atoms with Crippen LogP contribution in [0.1, 0.15) is 15.9 Å². The maximum atomic E-state index is 11.7. The van der Waals surface area contributed by atoms with Crippen LogP contribution < -0.4 is 20.9 Å². The summed E-state index contributed by atoms with van der Waals surface area (Å²) in [6.07, 6.45) is 0. The molecule has 0 fully saturated rings. The van der Waals surface area contributed by atoms with Gasteiger partial charge in [-0.15, -0.1) is 24.8 Å². The van der Waals surface area contributed by atoms with Crippen LogP contribution >= 0.6 is 24.8 Å². The van der Waals surface area contributed by atoms with E-state index in [9.17, 15) is 28.5 Å². The molecule has 28 nitrogen and oxygen atoms in total.